The van der Waals surface area contributed by atoms with Crippen LogP contribution in [0.5, 0.6) is 0 Å². The third-order valence-corrected chi connectivity index (χ3v) is 6.44. The molecule has 0 saturated carbocycles. The molecule has 1 atom stereocenters. The van der Waals surface area contributed by atoms with Crippen LogP contribution in [0.25, 0.3) is 0 Å². The van der Waals surface area contributed by atoms with Crippen molar-refractivity contribution in [2.45, 2.75) is 32.9 Å². The molecular formula is C23H34N6O2. The molecule has 2 aromatic rings. The quantitative estimate of drug-likeness (QED) is 0.667. The number of aryl methyl sites for hydroxylation is 1. The van der Waals surface area contributed by atoms with E-state index in [4.69, 9.17) is 4.52 Å². The van der Waals surface area contributed by atoms with Gasteiger partial charge >= 0.3 is 0 Å². The van der Waals surface area contributed by atoms with Crippen LogP contribution in [0.15, 0.2) is 34.9 Å². The maximum atomic E-state index is 12.8. The molecule has 2 saturated heterocycles. The van der Waals surface area contributed by atoms with Gasteiger partial charge in [0, 0.05) is 65.3 Å². The Balaban J connectivity index is 1.18. The second kappa shape index (κ2) is 10.3. The molecule has 0 radical (unpaired) electrons. The molecular weight excluding hydrogens is 392 g/mol. The first-order valence-corrected chi connectivity index (χ1v) is 11.5. The highest BCUT2D eigenvalue weighted by molar-refractivity contribution is 5.78. The Kier molecular flexibility index (Phi) is 7.32. The summed E-state index contributed by atoms with van der Waals surface area (Å²) in [6, 6.07) is 10.7. The van der Waals surface area contributed by atoms with Gasteiger partial charge < -0.3 is 9.42 Å². The molecule has 0 bridgehead atoms. The van der Waals surface area contributed by atoms with Gasteiger partial charge in [-0.15, -0.1) is 0 Å². The molecule has 2 aliphatic rings. The Labute approximate surface area is 184 Å². The van der Waals surface area contributed by atoms with Gasteiger partial charge in [0.05, 0.1) is 12.6 Å². The lowest BCUT2D eigenvalue weighted by atomic mass is 10.2. The fraction of sp³-hybridized carbons (Fsp3) is 0.609. The van der Waals surface area contributed by atoms with Crippen LogP contribution in [0, 0.1) is 0 Å². The van der Waals surface area contributed by atoms with Gasteiger partial charge in [0.1, 0.15) is 0 Å². The fourth-order valence-corrected chi connectivity index (χ4v) is 4.33. The number of aromatic nitrogens is 2. The summed E-state index contributed by atoms with van der Waals surface area (Å²) >= 11 is 0. The number of hydrogen-bond donors (Lipinski definition) is 0. The predicted molar refractivity (Wildman–Crippen MR) is 118 cm³/mol. The zero-order chi connectivity index (χ0) is 21.6. The van der Waals surface area contributed by atoms with Crippen LogP contribution in [0.3, 0.4) is 0 Å². The Morgan fingerprint density at radius 2 is 1.68 bits per heavy atom. The van der Waals surface area contributed by atoms with Crippen molar-refractivity contribution in [1.82, 2.24) is 29.7 Å². The van der Waals surface area contributed by atoms with Crippen molar-refractivity contribution in [3.8, 4) is 0 Å². The van der Waals surface area contributed by atoms with Crippen LogP contribution in [0.4, 0.5) is 0 Å². The lowest BCUT2D eigenvalue weighted by Crippen LogP contribution is -2.53. The Hall–Kier alpha value is -2.29. The van der Waals surface area contributed by atoms with E-state index < -0.39 is 0 Å². The summed E-state index contributed by atoms with van der Waals surface area (Å²) in [5.74, 6) is 1.70. The number of amides is 1. The summed E-state index contributed by atoms with van der Waals surface area (Å²) in [6.45, 7) is 12.7. The molecule has 8 nitrogen and oxygen atoms in total. The normalized spacial score (nSPS) is 20.1. The van der Waals surface area contributed by atoms with E-state index in [0.717, 1.165) is 71.1 Å². The summed E-state index contributed by atoms with van der Waals surface area (Å²) in [4.78, 5) is 26.4. The second-order valence-electron chi connectivity index (χ2n) is 8.53. The molecule has 1 amide bonds. The number of benzene rings is 1. The largest absolute Gasteiger partial charge is 0.339 e. The van der Waals surface area contributed by atoms with Crippen LogP contribution in [-0.2, 0) is 17.8 Å². The van der Waals surface area contributed by atoms with Crippen molar-refractivity contribution in [1.29, 1.82) is 0 Å². The van der Waals surface area contributed by atoms with Crippen molar-refractivity contribution in [3.63, 3.8) is 0 Å². The van der Waals surface area contributed by atoms with E-state index in [-0.39, 0.29) is 11.9 Å². The Bertz CT molecular complexity index is 826. The topological polar surface area (TPSA) is 69.0 Å². The van der Waals surface area contributed by atoms with E-state index in [9.17, 15) is 4.79 Å². The standard InChI is InChI=1S/C23H34N6O2/c1-3-21-24-23(31-25-21)19(2)28-13-9-27(10-14-28)18-22(30)29-15-11-26(12-16-29)17-20-7-5-4-6-8-20/h4-8,19H,3,9-18H2,1-2H3. The average molecular weight is 427 g/mol. The van der Waals surface area contributed by atoms with E-state index in [1.54, 1.807) is 0 Å². The molecule has 1 aromatic heterocycles. The fourth-order valence-electron chi connectivity index (χ4n) is 4.33. The van der Waals surface area contributed by atoms with E-state index in [2.05, 4.69) is 56.0 Å². The summed E-state index contributed by atoms with van der Waals surface area (Å²) in [5, 5.41) is 4.01. The first-order chi connectivity index (χ1) is 15.1. The van der Waals surface area contributed by atoms with E-state index in [1.807, 2.05) is 17.9 Å². The summed E-state index contributed by atoms with van der Waals surface area (Å²) in [6.07, 6.45) is 0.784. The van der Waals surface area contributed by atoms with Crippen LogP contribution < -0.4 is 0 Å². The molecule has 1 aromatic carbocycles. The zero-order valence-electron chi connectivity index (χ0n) is 18.7. The first-order valence-electron chi connectivity index (χ1n) is 11.5. The SMILES string of the molecule is CCc1noc(C(C)N2CCN(CC(=O)N3CCN(Cc4ccccc4)CC3)CC2)n1. The molecule has 1 unspecified atom stereocenters. The van der Waals surface area contributed by atoms with E-state index >= 15 is 0 Å². The molecule has 2 fully saturated rings. The molecule has 3 heterocycles. The van der Waals surface area contributed by atoms with Crippen LogP contribution in [0.2, 0.25) is 0 Å². The smallest absolute Gasteiger partial charge is 0.243 e. The molecule has 31 heavy (non-hydrogen) atoms. The number of nitrogens with zero attached hydrogens (tertiary/aromatic N) is 6. The minimum Gasteiger partial charge on any atom is -0.339 e. The monoisotopic (exact) mass is 426 g/mol. The Morgan fingerprint density at radius 3 is 2.32 bits per heavy atom. The minimum absolute atomic E-state index is 0.114. The van der Waals surface area contributed by atoms with Gasteiger partial charge in [-0.2, -0.15) is 4.98 Å². The van der Waals surface area contributed by atoms with E-state index in [0.29, 0.717) is 12.4 Å². The van der Waals surface area contributed by atoms with Gasteiger partial charge in [-0.25, -0.2) is 0 Å². The molecule has 0 spiro atoms. The average Bonchev–Trinajstić information content (AvgIpc) is 3.30. The van der Waals surface area contributed by atoms with Gasteiger partial charge in [-0.1, -0.05) is 42.4 Å². The third-order valence-electron chi connectivity index (χ3n) is 6.44. The number of hydrogen-bond acceptors (Lipinski definition) is 7. The maximum Gasteiger partial charge on any atom is 0.243 e. The summed E-state index contributed by atoms with van der Waals surface area (Å²) < 4.78 is 5.41. The predicted octanol–water partition coefficient (Wildman–Crippen LogP) is 1.65. The number of piperazine rings is 2. The van der Waals surface area contributed by atoms with E-state index in [1.165, 1.54) is 5.56 Å². The number of carbonyl (C=O) groups is 1. The van der Waals surface area contributed by atoms with Crippen LogP contribution >= 0.6 is 0 Å². The van der Waals surface area contributed by atoms with Crippen molar-refractivity contribution in [2.24, 2.45) is 0 Å². The number of carbonyl (C=O) groups excluding carboxylic acids is 1. The lowest BCUT2D eigenvalue weighted by Gasteiger charge is -2.39. The van der Waals surface area contributed by atoms with Crippen LogP contribution in [-0.4, -0.2) is 94.6 Å². The van der Waals surface area contributed by atoms with Gasteiger partial charge in [0.2, 0.25) is 11.8 Å². The van der Waals surface area contributed by atoms with Crippen molar-refractivity contribution in [2.75, 3.05) is 58.9 Å². The van der Waals surface area contributed by atoms with Gasteiger partial charge in [-0.05, 0) is 12.5 Å². The highest BCUT2D eigenvalue weighted by Gasteiger charge is 2.28. The first kappa shape index (κ1) is 21.9. The van der Waals surface area contributed by atoms with Gasteiger partial charge in [0.25, 0.3) is 0 Å². The van der Waals surface area contributed by atoms with Gasteiger partial charge in [0.15, 0.2) is 5.82 Å². The zero-order valence-corrected chi connectivity index (χ0v) is 18.7. The van der Waals surface area contributed by atoms with Crippen molar-refractivity contribution >= 4 is 5.91 Å². The summed E-state index contributed by atoms with van der Waals surface area (Å²) in [7, 11) is 0. The minimum atomic E-state index is 0.114. The number of rotatable bonds is 7. The second-order valence-corrected chi connectivity index (χ2v) is 8.53. The molecule has 8 heteroatoms. The Morgan fingerprint density at radius 1 is 1.00 bits per heavy atom. The molecule has 2 aliphatic heterocycles. The summed E-state index contributed by atoms with van der Waals surface area (Å²) in [5.41, 5.74) is 1.33. The highest BCUT2D eigenvalue weighted by atomic mass is 16.5. The molecule has 0 N–H and O–H groups in total. The maximum absolute atomic E-state index is 12.8. The van der Waals surface area contributed by atoms with Crippen molar-refractivity contribution < 1.29 is 9.32 Å². The molecule has 168 valence electrons. The molecule has 0 aliphatic carbocycles. The van der Waals surface area contributed by atoms with Crippen LogP contribution in [0.1, 0.15) is 37.2 Å². The van der Waals surface area contributed by atoms with Crippen molar-refractivity contribution in [3.05, 3.63) is 47.6 Å². The molecule has 4 rings (SSSR count). The lowest BCUT2D eigenvalue weighted by molar-refractivity contribution is -0.134. The third kappa shape index (κ3) is 5.70. The highest BCUT2D eigenvalue weighted by Crippen LogP contribution is 2.20. The van der Waals surface area contributed by atoms with Gasteiger partial charge in [-0.3, -0.25) is 19.5 Å².